The van der Waals surface area contributed by atoms with E-state index in [9.17, 15) is 9.59 Å². The first-order chi connectivity index (χ1) is 15.9. The Hall–Kier alpha value is -2.48. The highest BCUT2D eigenvalue weighted by molar-refractivity contribution is 6.80. The van der Waals surface area contributed by atoms with Gasteiger partial charge in [-0.05, 0) is 42.1 Å². The fourth-order valence-electron chi connectivity index (χ4n) is 3.62. The maximum absolute atomic E-state index is 12.6. The van der Waals surface area contributed by atoms with E-state index in [1.165, 1.54) is 10.5 Å². The van der Waals surface area contributed by atoms with Crippen LogP contribution in [-0.2, 0) is 24.1 Å². The maximum atomic E-state index is 12.6. The molecule has 6 nitrogen and oxygen atoms in total. The third-order valence-electron chi connectivity index (χ3n) is 5.39. The molecule has 1 aliphatic rings. The molecule has 0 spiro atoms. The minimum absolute atomic E-state index is 0.0177. The molecular weight excluding hydrogens is 446 g/mol. The van der Waals surface area contributed by atoms with Crippen LogP contribution in [0.3, 0.4) is 0 Å². The summed E-state index contributed by atoms with van der Waals surface area (Å²) in [5, 5.41) is 2.27. The van der Waals surface area contributed by atoms with E-state index in [-0.39, 0.29) is 37.5 Å². The van der Waals surface area contributed by atoms with Crippen molar-refractivity contribution in [3.63, 3.8) is 0 Å². The average Bonchev–Trinajstić information content (AvgIpc) is 2.95. The largest absolute Gasteiger partial charge is 0.444 e. The van der Waals surface area contributed by atoms with Crippen molar-refractivity contribution in [2.75, 3.05) is 26.3 Å². The van der Waals surface area contributed by atoms with E-state index in [0.29, 0.717) is 0 Å². The minimum Gasteiger partial charge on any atom is -0.444 e. The predicted molar refractivity (Wildman–Crippen MR) is 135 cm³/mol. The zero-order chi connectivity index (χ0) is 24.9. The van der Waals surface area contributed by atoms with Crippen LogP contribution in [0.4, 0.5) is 4.79 Å². The van der Waals surface area contributed by atoms with Crippen molar-refractivity contribution in [3.8, 4) is 0 Å². The predicted octanol–water partition coefficient (Wildman–Crippen LogP) is 3.31. The first kappa shape index (κ1) is 26.1. The molecule has 7 heteroatoms. The second kappa shape index (κ2) is 10.8. The Kier molecular flexibility index (Phi) is 8.33. The van der Waals surface area contributed by atoms with E-state index < -0.39 is 26.8 Å². The van der Waals surface area contributed by atoms with Gasteiger partial charge < -0.3 is 13.9 Å². The fraction of sp³-hybridized carbons (Fsp3) is 0.481. The lowest BCUT2D eigenvalue weighted by molar-refractivity contribution is -0.123. The van der Waals surface area contributed by atoms with Gasteiger partial charge in [-0.1, -0.05) is 75.4 Å². The van der Waals surface area contributed by atoms with Gasteiger partial charge in [-0.3, -0.25) is 9.69 Å². The molecule has 0 bridgehead atoms. The number of rotatable bonds is 5. The van der Waals surface area contributed by atoms with E-state index in [1.807, 2.05) is 18.2 Å². The Balaban J connectivity index is 1.76. The summed E-state index contributed by atoms with van der Waals surface area (Å²) in [6, 6.07) is 18.8. The quantitative estimate of drug-likeness (QED) is 0.612. The molecule has 0 unspecified atom stereocenters. The highest BCUT2D eigenvalue weighted by Crippen LogP contribution is 2.21. The van der Waals surface area contributed by atoms with Crippen LogP contribution in [0.5, 0.6) is 0 Å². The number of benzene rings is 2. The van der Waals surface area contributed by atoms with Crippen LogP contribution in [-0.4, -0.2) is 63.8 Å². The maximum Gasteiger partial charge on any atom is 0.410 e. The Morgan fingerprint density at radius 3 is 2.21 bits per heavy atom. The topological polar surface area (TPSA) is 65.1 Å². The number of Topliss-reactive ketones (excluding diaryl/α,β-unsaturated/α-hetero) is 1. The summed E-state index contributed by atoms with van der Waals surface area (Å²) in [6.07, 6.45) is -0.931. The molecule has 1 aliphatic heterocycles. The molecule has 1 saturated heterocycles. The lowest BCUT2D eigenvalue weighted by Crippen LogP contribution is -2.48. The van der Waals surface area contributed by atoms with E-state index >= 15 is 0 Å². The minimum atomic E-state index is -1.55. The number of hydrogen-bond acceptors (Lipinski definition) is 5. The number of carbonyl (C=O) groups excluding carboxylic acids is 2. The lowest BCUT2D eigenvalue weighted by Gasteiger charge is -2.28. The summed E-state index contributed by atoms with van der Waals surface area (Å²) in [7, 11) is -1.55. The molecule has 1 amide bonds. The number of nitrogens with zero attached hydrogens (tertiary/aromatic N) is 1. The SMILES string of the molecule is CC(C)(C)OC(=O)N1CC(=O)CO[C@@H](CO[Si](c2ccccc2)c2ccc(C(C)(C)C)cc2)C1. The van der Waals surface area contributed by atoms with Crippen molar-refractivity contribution < 1.29 is 23.5 Å². The second-order valence-corrected chi connectivity index (χ2v) is 12.8. The molecule has 1 heterocycles. The number of hydrogen-bond donors (Lipinski definition) is 0. The van der Waals surface area contributed by atoms with Crippen LogP contribution in [0, 0.1) is 0 Å². The molecule has 1 fully saturated rings. The van der Waals surface area contributed by atoms with Gasteiger partial charge in [0.2, 0.25) is 0 Å². The van der Waals surface area contributed by atoms with Gasteiger partial charge in [-0.15, -0.1) is 0 Å². The second-order valence-electron chi connectivity index (χ2n) is 10.7. The summed E-state index contributed by atoms with van der Waals surface area (Å²) in [4.78, 5) is 26.2. The summed E-state index contributed by atoms with van der Waals surface area (Å²) < 4.78 is 17.8. The van der Waals surface area contributed by atoms with Crippen LogP contribution < -0.4 is 10.4 Å². The highest BCUT2D eigenvalue weighted by Gasteiger charge is 2.31. The summed E-state index contributed by atoms with van der Waals surface area (Å²) >= 11 is 0. The smallest absolute Gasteiger partial charge is 0.410 e. The average molecular weight is 483 g/mol. The van der Waals surface area contributed by atoms with Gasteiger partial charge >= 0.3 is 6.09 Å². The van der Waals surface area contributed by atoms with Crippen LogP contribution in [0.25, 0.3) is 0 Å². The van der Waals surface area contributed by atoms with Crippen LogP contribution >= 0.6 is 0 Å². The van der Waals surface area contributed by atoms with Crippen LogP contribution in [0.2, 0.25) is 0 Å². The van der Waals surface area contributed by atoms with Gasteiger partial charge in [-0.2, -0.15) is 0 Å². The van der Waals surface area contributed by atoms with Crippen molar-refractivity contribution in [1.82, 2.24) is 4.90 Å². The first-order valence-corrected chi connectivity index (χ1v) is 13.1. The Labute approximate surface area is 204 Å². The summed E-state index contributed by atoms with van der Waals surface area (Å²) in [5.41, 5.74) is 0.705. The fourth-order valence-corrected chi connectivity index (χ4v) is 5.60. The number of amides is 1. The molecule has 2 aromatic carbocycles. The molecule has 183 valence electrons. The molecular formula is C27H36NO5Si. The van der Waals surface area contributed by atoms with Crippen LogP contribution in [0.1, 0.15) is 47.1 Å². The summed E-state index contributed by atoms with van der Waals surface area (Å²) in [6.45, 7) is 12.5. The van der Waals surface area contributed by atoms with Gasteiger partial charge in [-0.25, -0.2) is 4.79 Å². The van der Waals surface area contributed by atoms with Crippen molar-refractivity contribution in [2.24, 2.45) is 0 Å². The molecule has 3 rings (SSSR count). The van der Waals surface area contributed by atoms with E-state index in [1.54, 1.807) is 20.8 Å². The molecule has 0 N–H and O–H groups in total. The summed E-state index contributed by atoms with van der Waals surface area (Å²) in [5.74, 6) is -0.153. The van der Waals surface area contributed by atoms with Crippen molar-refractivity contribution in [2.45, 2.75) is 58.7 Å². The number of carbonyl (C=O) groups is 2. The van der Waals surface area contributed by atoms with Gasteiger partial charge in [0.25, 0.3) is 9.04 Å². The third-order valence-corrected chi connectivity index (χ3v) is 7.56. The highest BCUT2D eigenvalue weighted by atomic mass is 28.3. The van der Waals surface area contributed by atoms with Crippen molar-refractivity contribution in [3.05, 3.63) is 60.2 Å². The molecule has 1 atom stereocenters. The zero-order valence-electron chi connectivity index (χ0n) is 21.1. The molecule has 0 aromatic heterocycles. The molecule has 0 aliphatic carbocycles. The van der Waals surface area contributed by atoms with E-state index in [4.69, 9.17) is 13.9 Å². The molecule has 2 aromatic rings. The Bertz CT molecular complexity index is 963. The molecule has 1 radical (unpaired) electrons. The number of ether oxygens (including phenoxy) is 2. The van der Waals surface area contributed by atoms with Gasteiger partial charge in [0.15, 0.2) is 5.78 Å². The van der Waals surface area contributed by atoms with Crippen molar-refractivity contribution >= 4 is 31.3 Å². The van der Waals surface area contributed by atoms with E-state index in [2.05, 4.69) is 57.2 Å². The van der Waals surface area contributed by atoms with Crippen LogP contribution in [0.15, 0.2) is 54.6 Å². The number of ketones is 1. The third kappa shape index (κ3) is 7.51. The van der Waals surface area contributed by atoms with Crippen molar-refractivity contribution in [1.29, 1.82) is 0 Å². The standard InChI is InChI=1S/C27H36NO5Si/c1-26(2,3)20-12-14-24(15-13-20)34(23-10-8-7-9-11-23)32-19-22-17-28(16-21(29)18-31-22)25(30)33-27(4,5)6/h7-15,22H,16-19H2,1-6H3/t22-/m1/s1. The van der Waals surface area contributed by atoms with Gasteiger partial charge in [0.1, 0.15) is 12.2 Å². The van der Waals surface area contributed by atoms with Gasteiger partial charge in [0, 0.05) is 0 Å². The monoisotopic (exact) mass is 482 g/mol. The zero-order valence-corrected chi connectivity index (χ0v) is 22.1. The Morgan fingerprint density at radius 1 is 1.00 bits per heavy atom. The van der Waals surface area contributed by atoms with Gasteiger partial charge in [0.05, 0.1) is 25.8 Å². The molecule has 34 heavy (non-hydrogen) atoms. The molecule has 0 saturated carbocycles. The lowest BCUT2D eigenvalue weighted by atomic mass is 9.87. The normalized spacial score (nSPS) is 17.6. The van der Waals surface area contributed by atoms with E-state index in [0.717, 1.165) is 10.4 Å². The Morgan fingerprint density at radius 2 is 1.62 bits per heavy atom. The first-order valence-electron chi connectivity index (χ1n) is 11.7.